The smallest absolute Gasteiger partial charge is 0.419 e. The van der Waals surface area contributed by atoms with Crippen LogP contribution in [0.4, 0.5) is 14.4 Å². The minimum Gasteiger partial charge on any atom is -0.445 e. The van der Waals surface area contributed by atoms with E-state index >= 15 is 0 Å². The fraction of sp³-hybridized carbons (Fsp3) is 0.382. The Kier molecular flexibility index (Phi) is 16.5. The lowest BCUT2D eigenvalue weighted by molar-refractivity contribution is 0.0695. The number of nitrogens with one attached hydrogen (secondary N) is 3. The second kappa shape index (κ2) is 21.3. The van der Waals surface area contributed by atoms with E-state index in [-0.39, 0.29) is 26.4 Å². The van der Waals surface area contributed by atoms with Gasteiger partial charge in [0.2, 0.25) is 0 Å². The summed E-state index contributed by atoms with van der Waals surface area (Å²) in [6.45, 7) is 4.32. The molecule has 0 radical (unpaired) electrons. The van der Waals surface area contributed by atoms with Crippen LogP contribution in [0.1, 0.15) is 42.4 Å². The first-order chi connectivity index (χ1) is 21.6. The molecule has 236 valence electrons. The van der Waals surface area contributed by atoms with Crippen LogP contribution in [-0.2, 0) is 34.0 Å². The molecular weight excluding hydrogens is 560 g/mol. The van der Waals surface area contributed by atoms with E-state index in [0.29, 0.717) is 19.5 Å². The molecule has 0 fully saturated rings. The van der Waals surface area contributed by atoms with Crippen molar-refractivity contribution >= 4 is 18.3 Å². The summed E-state index contributed by atoms with van der Waals surface area (Å²) in [5.74, 6) is 0. The number of unbranched alkanes of at least 4 members (excludes halogenated alkanes) is 1. The molecular formula is C34H44N4O6. The summed E-state index contributed by atoms with van der Waals surface area (Å²) in [5.41, 5.74) is 2.63. The van der Waals surface area contributed by atoms with E-state index in [1.807, 2.05) is 91.0 Å². The fourth-order valence-corrected chi connectivity index (χ4v) is 4.14. The van der Waals surface area contributed by atoms with Gasteiger partial charge in [0.1, 0.15) is 19.8 Å². The number of carbonyl (C=O) groups is 3. The number of alkyl carbamates (subject to hydrolysis) is 1. The van der Waals surface area contributed by atoms with Gasteiger partial charge in [-0.1, -0.05) is 91.0 Å². The van der Waals surface area contributed by atoms with Gasteiger partial charge in [-0.15, -0.1) is 0 Å². The molecule has 0 aliphatic carbocycles. The molecule has 10 nitrogen and oxygen atoms in total. The van der Waals surface area contributed by atoms with E-state index in [4.69, 9.17) is 14.2 Å². The van der Waals surface area contributed by atoms with E-state index in [0.717, 1.165) is 60.5 Å². The first-order valence-electron chi connectivity index (χ1n) is 15.2. The van der Waals surface area contributed by atoms with Crippen molar-refractivity contribution in [3.63, 3.8) is 0 Å². The van der Waals surface area contributed by atoms with Crippen molar-refractivity contribution in [2.75, 3.05) is 39.3 Å². The Labute approximate surface area is 260 Å². The number of amides is 3. The Hall–Kier alpha value is -4.41. The van der Waals surface area contributed by atoms with Crippen molar-refractivity contribution in [3.05, 3.63) is 108 Å². The molecule has 0 spiro atoms. The van der Waals surface area contributed by atoms with Crippen LogP contribution >= 0.6 is 0 Å². The van der Waals surface area contributed by atoms with Crippen LogP contribution in [0.3, 0.4) is 0 Å². The molecule has 3 aromatic rings. The Morgan fingerprint density at radius 1 is 0.500 bits per heavy atom. The summed E-state index contributed by atoms with van der Waals surface area (Å²) < 4.78 is 16.0. The lowest BCUT2D eigenvalue weighted by Gasteiger charge is -2.20. The Bertz CT molecular complexity index is 1160. The topological polar surface area (TPSA) is 118 Å². The molecule has 3 rings (SSSR count). The van der Waals surface area contributed by atoms with E-state index < -0.39 is 18.3 Å². The van der Waals surface area contributed by atoms with Gasteiger partial charge in [0.05, 0.1) is 0 Å². The molecule has 0 heterocycles. The maximum Gasteiger partial charge on any atom is 0.419 e. The minimum absolute atomic E-state index is 0.0756. The van der Waals surface area contributed by atoms with Gasteiger partial charge in [0.25, 0.3) is 0 Å². The maximum atomic E-state index is 12.8. The average molecular weight is 605 g/mol. The number of hydrogen-bond acceptors (Lipinski definition) is 8. The van der Waals surface area contributed by atoms with Crippen LogP contribution in [0.5, 0.6) is 0 Å². The van der Waals surface area contributed by atoms with E-state index in [2.05, 4.69) is 16.0 Å². The van der Waals surface area contributed by atoms with Gasteiger partial charge >= 0.3 is 18.3 Å². The molecule has 3 aromatic carbocycles. The number of rotatable bonds is 19. The third-order valence-corrected chi connectivity index (χ3v) is 6.56. The van der Waals surface area contributed by atoms with E-state index in [1.165, 1.54) is 0 Å². The second-order valence-electron chi connectivity index (χ2n) is 10.1. The number of carbonyl (C=O) groups excluding carboxylic acids is 3. The van der Waals surface area contributed by atoms with Crippen LogP contribution < -0.4 is 16.0 Å². The predicted molar refractivity (Wildman–Crippen MR) is 169 cm³/mol. The van der Waals surface area contributed by atoms with Crippen LogP contribution in [0.2, 0.25) is 0 Å². The van der Waals surface area contributed by atoms with Gasteiger partial charge in [-0.3, -0.25) is 0 Å². The summed E-state index contributed by atoms with van der Waals surface area (Å²) in [4.78, 5) is 38.3. The molecule has 10 heteroatoms. The van der Waals surface area contributed by atoms with Gasteiger partial charge in [0.15, 0.2) is 0 Å². The molecule has 0 unspecified atom stereocenters. The average Bonchev–Trinajstić information content (AvgIpc) is 3.06. The summed E-state index contributed by atoms with van der Waals surface area (Å²) >= 11 is 0. The lowest BCUT2D eigenvalue weighted by Crippen LogP contribution is -2.39. The van der Waals surface area contributed by atoms with Gasteiger partial charge in [-0.25, -0.2) is 19.3 Å². The van der Waals surface area contributed by atoms with Gasteiger partial charge in [-0.2, -0.15) is 0 Å². The largest absolute Gasteiger partial charge is 0.445 e. The molecule has 0 aromatic heterocycles. The molecule has 0 aliphatic heterocycles. The van der Waals surface area contributed by atoms with Gasteiger partial charge in [-0.05, 0) is 68.6 Å². The summed E-state index contributed by atoms with van der Waals surface area (Å²) in [5, 5.41) is 9.50. The molecule has 44 heavy (non-hydrogen) atoms. The van der Waals surface area contributed by atoms with Crippen molar-refractivity contribution in [1.82, 2.24) is 20.9 Å². The van der Waals surface area contributed by atoms with Crippen LogP contribution in [0, 0.1) is 0 Å². The summed E-state index contributed by atoms with van der Waals surface area (Å²) in [7, 11) is 0. The monoisotopic (exact) mass is 604 g/mol. The van der Waals surface area contributed by atoms with Crippen molar-refractivity contribution in [3.8, 4) is 0 Å². The molecule has 0 saturated heterocycles. The molecule has 0 aliphatic rings. The van der Waals surface area contributed by atoms with E-state index in [9.17, 15) is 14.4 Å². The van der Waals surface area contributed by atoms with Crippen LogP contribution in [-0.4, -0.2) is 62.4 Å². The van der Waals surface area contributed by atoms with Crippen molar-refractivity contribution in [2.45, 2.75) is 45.5 Å². The molecule has 3 N–H and O–H groups in total. The lowest BCUT2D eigenvalue weighted by atomic mass is 10.2. The Morgan fingerprint density at radius 2 is 0.909 bits per heavy atom. The highest BCUT2D eigenvalue weighted by Crippen LogP contribution is 2.08. The predicted octanol–water partition coefficient (Wildman–Crippen LogP) is 5.63. The van der Waals surface area contributed by atoms with Crippen LogP contribution in [0.15, 0.2) is 91.0 Å². The SMILES string of the molecule is O=C(NCCCNCCCCNCCCN(C(=O)OCc1ccccc1)C(=O)OCc1ccccc1)OCc1ccccc1. The van der Waals surface area contributed by atoms with Crippen molar-refractivity contribution in [1.29, 1.82) is 0 Å². The Balaban J connectivity index is 1.22. The normalized spacial score (nSPS) is 10.5. The first-order valence-corrected chi connectivity index (χ1v) is 15.2. The number of benzene rings is 3. The second-order valence-corrected chi connectivity index (χ2v) is 10.1. The fourth-order valence-electron chi connectivity index (χ4n) is 4.14. The highest BCUT2D eigenvalue weighted by atomic mass is 16.6. The zero-order valence-corrected chi connectivity index (χ0v) is 25.2. The first kappa shape index (κ1) is 34.1. The third-order valence-electron chi connectivity index (χ3n) is 6.56. The number of hydrogen-bond donors (Lipinski definition) is 3. The summed E-state index contributed by atoms with van der Waals surface area (Å²) in [6.07, 6.45) is 1.52. The van der Waals surface area contributed by atoms with Gasteiger partial charge < -0.3 is 30.2 Å². The quantitative estimate of drug-likeness (QED) is 0.119. The van der Waals surface area contributed by atoms with Crippen molar-refractivity contribution in [2.24, 2.45) is 0 Å². The standard InChI is InChI=1S/C34H44N4O6/c39-32(42-26-29-14-4-1-5-15-29)37-24-12-22-35-20-10-11-21-36-23-13-25-38(33(40)43-27-30-16-6-2-7-17-30)34(41)44-28-31-18-8-3-9-19-31/h1-9,14-19,35-36H,10-13,20-28H2,(H,37,39). The third kappa shape index (κ3) is 14.7. The zero-order chi connectivity index (χ0) is 31.1. The molecule has 0 saturated carbocycles. The number of nitrogens with zero attached hydrogens (tertiary/aromatic N) is 1. The number of imide groups is 1. The van der Waals surface area contributed by atoms with E-state index in [1.54, 1.807) is 0 Å². The van der Waals surface area contributed by atoms with Gasteiger partial charge in [0, 0.05) is 13.1 Å². The Morgan fingerprint density at radius 3 is 1.39 bits per heavy atom. The molecule has 0 bridgehead atoms. The maximum absolute atomic E-state index is 12.8. The molecule has 3 amide bonds. The minimum atomic E-state index is -0.725. The zero-order valence-electron chi connectivity index (χ0n) is 25.2. The summed E-state index contributed by atoms with van der Waals surface area (Å²) in [6, 6.07) is 28.2. The molecule has 0 atom stereocenters. The number of ether oxygens (including phenoxy) is 3. The highest BCUT2D eigenvalue weighted by molar-refractivity contribution is 5.87. The highest BCUT2D eigenvalue weighted by Gasteiger charge is 2.24. The van der Waals surface area contributed by atoms with Crippen molar-refractivity contribution < 1.29 is 28.6 Å². The van der Waals surface area contributed by atoms with Crippen LogP contribution in [0.25, 0.3) is 0 Å².